The standard InChI is InChI=1S/C16H19BrN2O4S/c1-9(2)23-14(21)8-24-16-18-13-5-4-11(17)6-12(13)15(22)19(16)7-10(3)20/h4-6,9-10,20H,7-8H2,1-3H3/t10-/m1/s1. The van der Waals surface area contributed by atoms with E-state index in [0.717, 1.165) is 16.2 Å². The van der Waals surface area contributed by atoms with Crippen LogP contribution in [0.1, 0.15) is 20.8 Å². The zero-order valence-corrected chi connectivity index (χ0v) is 16.1. The summed E-state index contributed by atoms with van der Waals surface area (Å²) in [7, 11) is 0. The number of carbonyl (C=O) groups excluding carboxylic acids is 1. The third-order valence-electron chi connectivity index (χ3n) is 3.01. The number of aliphatic hydroxyl groups excluding tert-OH is 1. The Morgan fingerprint density at radius 2 is 2.12 bits per heavy atom. The van der Waals surface area contributed by atoms with Crippen LogP contribution >= 0.6 is 27.7 Å². The molecule has 0 amide bonds. The molecule has 6 nitrogen and oxygen atoms in total. The minimum atomic E-state index is -0.712. The number of hydrogen-bond donors (Lipinski definition) is 1. The summed E-state index contributed by atoms with van der Waals surface area (Å²) >= 11 is 4.47. The van der Waals surface area contributed by atoms with Crippen molar-refractivity contribution in [2.45, 2.75) is 44.7 Å². The molecule has 1 N–H and O–H groups in total. The molecule has 24 heavy (non-hydrogen) atoms. The Kier molecular flexibility index (Phi) is 6.42. The molecule has 2 aromatic rings. The Bertz CT molecular complexity index is 804. The van der Waals surface area contributed by atoms with Crippen molar-refractivity contribution >= 4 is 44.6 Å². The third kappa shape index (κ3) is 4.81. The number of ether oxygens (including phenoxy) is 1. The summed E-state index contributed by atoms with van der Waals surface area (Å²) in [6, 6.07) is 5.24. The fourth-order valence-corrected chi connectivity index (χ4v) is 3.28. The number of benzene rings is 1. The number of hydrogen-bond acceptors (Lipinski definition) is 6. The number of nitrogens with zero attached hydrogens (tertiary/aromatic N) is 2. The average molecular weight is 415 g/mol. The van der Waals surface area contributed by atoms with Crippen LogP contribution in [0.25, 0.3) is 10.9 Å². The number of aliphatic hydroxyl groups is 1. The van der Waals surface area contributed by atoms with E-state index in [1.54, 1.807) is 39.0 Å². The van der Waals surface area contributed by atoms with Crippen LogP contribution in [-0.2, 0) is 16.1 Å². The van der Waals surface area contributed by atoms with Crippen LogP contribution in [0, 0.1) is 0 Å². The molecule has 0 saturated heterocycles. The number of esters is 1. The van der Waals surface area contributed by atoms with Crippen LogP contribution in [0.4, 0.5) is 0 Å². The van der Waals surface area contributed by atoms with E-state index in [1.807, 2.05) is 0 Å². The van der Waals surface area contributed by atoms with E-state index in [2.05, 4.69) is 20.9 Å². The Balaban J connectivity index is 2.41. The molecule has 0 aliphatic rings. The second-order valence-corrected chi connectivity index (χ2v) is 7.51. The first kappa shape index (κ1) is 19.0. The second kappa shape index (κ2) is 8.13. The van der Waals surface area contributed by atoms with E-state index in [9.17, 15) is 14.7 Å². The summed E-state index contributed by atoms with van der Waals surface area (Å²) in [5.74, 6) is -0.323. The SMILES string of the molecule is CC(C)OC(=O)CSc1nc2ccc(Br)cc2c(=O)n1C[C@@H](C)O. The van der Waals surface area contributed by atoms with Gasteiger partial charge in [0.1, 0.15) is 0 Å². The van der Waals surface area contributed by atoms with Crippen molar-refractivity contribution < 1.29 is 14.6 Å². The van der Waals surface area contributed by atoms with E-state index >= 15 is 0 Å². The lowest BCUT2D eigenvalue weighted by Crippen LogP contribution is -2.28. The highest BCUT2D eigenvalue weighted by atomic mass is 79.9. The summed E-state index contributed by atoms with van der Waals surface area (Å²) in [4.78, 5) is 28.9. The Hall–Kier alpha value is -1.38. The first-order valence-corrected chi connectivity index (χ1v) is 9.26. The third-order valence-corrected chi connectivity index (χ3v) is 4.46. The molecule has 0 aliphatic heterocycles. The molecule has 0 saturated carbocycles. The molecule has 130 valence electrons. The summed E-state index contributed by atoms with van der Waals surface area (Å²) in [5.41, 5.74) is 0.298. The predicted octanol–water partition coefficient (Wildman–Crippen LogP) is 2.58. The maximum Gasteiger partial charge on any atom is 0.316 e. The van der Waals surface area contributed by atoms with Crippen molar-refractivity contribution in [3.63, 3.8) is 0 Å². The molecular weight excluding hydrogens is 396 g/mol. The van der Waals surface area contributed by atoms with Gasteiger partial charge in [0.05, 0.1) is 35.4 Å². The number of rotatable bonds is 6. The van der Waals surface area contributed by atoms with Gasteiger partial charge in [-0.05, 0) is 39.0 Å². The number of carbonyl (C=O) groups is 1. The van der Waals surface area contributed by atoms with Gasteiger partial charge in [0.15, 0.2) is 5.16 Å². The van der Waals surface area contributed by atoms with Crippen molar-refractivity contribution in [2.75, 3.05) is 5.75 Å². The van der Waals surface area contributed by atoms with Crippen molar-refractivity contribution in [2.24, 2.45) is 0 Å². The van der Waals surface area contributed by atoms with Gasteiger partial charge in [0, 0.05) is 4.47 Å². The first-order chi connectivity index (χ1) is 11.3. The van der Waals surface area contributed by atoms with E-state index < -0.39 is 6.10 Å². The molecule has 1 atom stereocenters. The van der Waals surface area contributed by atoms with Gasteiger partial charge in [-0.15, -0.1) is 0 Å². The van der Waals surface area contributed by atoms with Crippen LogP contribution < -0.4 is 5.56 Å². The number of halogens is 1. The lowest BCUT2D eigenvalue weighted by molar-refractivity contribution is -0.144. The highest BCUT2D eigenvalue weighted by Crippen LogP contribution is 2.21. The van der Waals surface area contributed by atoms with Gasteiger partial charge in [0.2, 0.25) is 0 Å². The molecule has 0 spiro atoms. The molecule has 0 aliphatic carbocycles. The molecule has 1 heterocycles. The van der Waals surface area contributed by atoms with E-state index in [0.29, 0.717) is 16.1 Å². The van der Waals surface area contributed by atoms with Gasteiger partial charge in [-0.2, -0.15) is 0 Å². The zero-order valence-electron chi connectivity index (χ0n) is 13.7. The van der Waals surface area contributed by atoms with Gasteiger partial charge in [-0.1, -0.05) is 27.7 Å². The van der Waals surface area contributed by atoms with Crippen LogP contribution in [0.15, 0.2) is 32.6 Å². The van der Waals surface area contributed by atoms with Crippen LogP contribution in [-0.4, -0.2) is 38.6 Å². The number of fused-ring (bicyclic) bond motifs is 1. The van der Waals surface area contributed by atoms with Crippen LogP contribution in [0.2, 0.25) is 0 Å². The largest absolute Gasteiger partial charge is 0.462 e. The van der Waals surface area contributed by atoms with Gasteiger partial charge < -0.3 is 9.84 Å². The highest BCUT2D eigenvalue weighted by Gasteiger charge is 2.15. The molecule has 0 unspecified atom stereocenters. The minimum Gasteiger partial charge on any atom is -0.462 e. The molecule has 1 aromatic carbocycles. The Morgan fingerprint density at radius 1 is 1.42 bits per heavy atom. The average Bonchev–Trinajstić information content (AvgIpc) is 2.48. The first-order valence-electron chi connectivity index (χ1n) is 7.48. The van der Waals surface area contributed by atoms with Gasteiger partial charge in [-0.3, -0.25) is 14.2 Å². The van der Waals surface area contributed by atoms with Crippen molar-refractivity contribution in [1.29, 1.82) is 0 Å². The maximum absolute atomic E-state index is 12.7. The molecule has 0 bridgehead atoms. The summed E-state index contributed by atoms with van der Waals surface area (Å²) in [5, 5.41) is 10.5. The normalized spacial score (nSPS) is 12.6. The van der Waals surface area contributed by atoms with Gasteiger partial charge >= 0.3 is 5.97 Å². The van der Waals surface area contributed by atoms with Gasteiger partial charge in [-0.25, -0.2) is 4.98 Å². The molecule has 1 aromatic heterocycles. The topological polar surface area (TPSA) is 81.4 Å². The van der Waals surface area contributed by atoms with Crippen molar-refractivity contribution in [1.82, 2.24) is 9.55 Å². The van der Waals surface area contributed by atoms with Crippen molar-refractivity contribution in [3.05, 3.63) is 33.0 Å². The zero-order chi connectivity index (χ0) is 17.9. The molecule has 2 rings (SSSR count). The lowest BCUT2D eigenvalue weighted by atomic mass is 10.2. The van der Waals surface area contributed by atoms with Gasteiger partial charge in [0.25, 0.3) is 5.56 Å². The van der Waals surface area contributed by atoms with Crippen LogP contribution in [0.3, 0.4) is 0 Å². The summed E-state index contributed by atoms with van der Waals surface area (Å²) in [6.45, 7) is 5.25. The van der Waals surface area contributed by atoms with E-state index in [1.165, 1.54) is 4.57 Å². The molecule has 0 fully saturated rings. The summed E-state index contributed by atoms with van der Waals surface area (Å²) < 4.78 is 7.27. The van der Waals surface area contributed by atoms with Crippen LogP contribution in [0.5, 0.6) is 0 Å². The molecule has 0 radical (unpaired) electrons. The highest BCUT2D eigenvalue weighted by molar-refractivity contribution is 9.10. The quantitative estimate of drug-likeness (QED) is 0.444. The minimum absolute atomic E-state index is 0.0481. The van der Waals surface area contributed by atoms with Crippen molar-refractivity contribution in [3.8, 4) is 0 Å². The number of aromatic nitrogens is 2. The Labute approximate surface area is 152 Å². The molecule has 8 heteroatoms. The summed E-state index contributed by atoms with van der Waals surface area (Å²) in [6.07, 6.45) is -0.907. The number of thioether (sulfide) groups is 1. The van der Waals surface area contributed by atoms with E-state index in [4.69, 9.17) is 4.74 Å². The predicted molar refractivity (Wildman–Crippen MR) is 97.3 cm³/mol. The fraction of sp³-hybridized carbons (Fsp3) is 0.438. The lowest BCUT2D eigenvalue weighted by Gasteiger charge is -2.14. The second-order valence-electron chi connectivity index (χ2n) is 5.65. The smallest absolute Gasteiger partial charge is 0.316 e. The molecular formula is C16H19BrN2O4S. The fourth-order valence-electron chi connectivity index (χ4n) is 2.13. The monoisotopic (exact) mass is 414 g/mol. The maximum atomic E-state index is 12.7. The Morgan fingerprint density at radius 3 is 2.75 bits per heavy atom. The van der Waals surface area contributed by atoms with E-state index in [-0.39, 0.29) is 29.9 Å².